The Morgan fingerprint density at radius 2 is 1.81 bits per heavy atom. The van der Waals surface area contributed by atoms with E-state index in [4.69, 9.17) is 4.74 Å². The van der Waals surface area contributed by atoms with Crippen LogP contribution in [0.3, 0.4) is 0 Å². The first-order chi connectivity index (χ1) is 12.7. The summed E-state index contributed by atoms with van der Waals surface area (Å²) >= 11 is 1.57. The van der Waals surface area contributed by atoms with E-state index in [0.717, 1.165) is 43.3 Å². The molecule has 0 saturated carbocycles. The molecule has 1 aliphatic rings. The Morgan fingerprint density at radius 1 is 1.12 bits per heavy atom. The predicted molar refractivity (Wildman–Crippen MR) is 106 cm³/mol. The summed E-state index contributed by atoms with van der Waals surface area (Å²) in [5, 5.41) is 3.22. The van der Waals surface area contributed by atoms with Crippen molar-refractivity contribution < 1.29 is 9.53 Å². The molecule has 0 aliphatic carbocycles. The number of aryl methyl sites for hydroxylation is 1. The van der Waals surface area contributed by atoms with Crippen LogP contribution in [0.25, 0.3) is 0 Å². The summed E-state index contributed by atoms with van der Waals surface area (Å²) in [6.07, 6.45) is 0. The summed E-state index contributed by atoms with van der Waals surface area (Å²) < 4.78 is 5.43. The van der Waals surface area contributed by atoms with Crippen molar-refractivity contribution in [1.29, 1.82) is 0 Å². The number of hydrogen-bond donors (Lipinski definition) is 1. The van der Waals surface area contributed by atoms with Crippen LogP contribution >= 0.6 is 11.8 Å². The van der Waals surface area contributed by atoms with Crippen molar-refractivity contribution in [3.63, 3.8) is 0 Å². The molecular weight excluding hydrogens is 344 g/mol. The normalized spacial score (nSPS) is 16.2. The molecule has 0 bridgehead atoms. The molecule has 26 heavy (non-hydrogen) atoms. The Hall–Kier alpha value is -1.82. The average molecular weight is 371 g/mol. The molecule has 3 rings (SSSR count). The van der Waals surface area contributed by atoms with Crippen LogP contribution in [0.5, 0.6) is 0 Å². The summed E-state index contributed by atoms with van der Waals surface area (Å²) in [5.74, 6) is 0.493. The second-order valence-electron chi connectivity index (χ2n) is 6.55. The largest absolute Gasteiger partial charge is 0.379 e. The Bertz CT molecular complexity index is 685. The number of nitrogens with one attached hydrogen (secondary N) is 1. The molecule has 5 heteroatoms. The number of rotatable bonds is 7. The lowest BCUT2D eigenvalue weighted by Gasteiger charge is -2.31. The van der Waals surface area contributed by atoms with Gasteiger partial charge in [-0.3, -0.25) is 9.69 Å². The van der Waals surface area contributed by atoms with Gasteiger partial charge in [0, 0.05) is 24.5 Å². The highest BCUT2D eigenvalue weighted by Crippen LogP contribution is 2.19. The van der Waals surface area contributed by atoms with Crippen LogP contribution in [-0.2, 0) is 9.53 Å². The van der Waals surface area contributed by atoms with E-state index in [-0.39, 0.29) is 11.9 Å². The van der Waals surface area contributed by atoms with Gasteiger partial charge in [0.25, 0.3) is 0 Å². The number of benzene rings is 2. The molecule has 1 saturated heterocycles. The van der Waals surface area contributed by atoms with Gasteiger partial charge in [0.15, 0.2) is 0 Å². The van der Waals surface area contributed by atoms with Gasteiger partial charge >= 0.3 is 0 Å². The van der Waals surface area contributed by atoms with E-state index in [1.165, 1.54) is 5.56 Å². The zero-order chi connectivity index (χ0) is 18.2. The quantitative estimate of drug-likeness (QED) is 0.760. The highest BCUT2D eigenvalue weighted by molar-refractivity contribution is 8.00. The number of carbonyl (C=O) groups is 1. The lowest BCUT2D eigenvalue weighted by Crippen LogP contribution is -2.43. The Balaban J connectivity index is 1.58. The number of carbonyl (C=O) groups excluding carboxylic acids is 1. The smallest absolute Gasteiger partial charge is 0.230 e. The van der Waals surface area contributed by atoms with Gasteiger partial charge in [-0.15, -0.1) is 11.8 Å². The number of morpholine rings is 1. The molecule has 1 amide bonds. The first-order valence-corrected chi connectivity index (χ1v) is 10.0. The minimum absolute atomic E-state index is 0.000387. The minimum Gasteiger partial charge on any atom is -0.379 e. The lowest BCUT2D eigenvalue weighted by molar-refractivity contribution is -0.119. The third-order valence-electron chi connectivity index (χ3n) is 4.47. The highest BCUT2D eigenvalue weighted by atomic mass is 32.2. The number of amides is 1. The topological polar surface area (TPSA) is 41.6 Å². The van der Waals surface area contributed by atoms with E-state index in [1.807, 2.05) is 18.2 Å². The summed E-state index contributed by atoms with van der Waals surface area (Å²) in [7, 11) is 0. The maximum Gasteiger partial charge on any atom is 0.230 e. The zero-order valence-electron chi connectivity index (χ0n) is 15.2. The van der Waals surface area contributed by atoms with Gasteiger partial charge in [0.2, 0.25) is 5.91 Å². The van der Waals surface area contributed by atoms with Crippen LogP contribution in [-0.4, -0.2) is 49.4 Å². The zero-order valence-corrected chi connectivity index (χ0v) is 16.0. The van der Waals surface area contributed by atoms with Crippen LogP contribution in [0.1, 0.15) is 17.2 Å². The standard InChI is InChI=1S/C21H26N2O2S/c1-17-7-9-19(10-8-17)26-16-21(24)22-20(18-5-3-2-4-6-18)15-23-11-13-25-14-12-23/h2-10,20H,11-16H2,1H3,(H,22,24)/t20-/m0/s1. The van der Waals surface area contributed by atoms with Gasteiger partial charge in [-0.2, -0.15) is 0 Å². The predicted octanol–water partition coefficient (Wildman–Crippen LogP) is 3.28. The molecule has 0 unspecified atom stereocenters. The third-order valence-corrected chi connectivity index (χ3v) is 5.48. The highest BCUT2D eigenvalue weighted by Gasteiger charge is 2.20. The van der Waals surface area contributed by atoms with Crippen molar-refractivity contribution >= 4 is 17.7 Å². The van der Waals surface area contributed by atoms with Crippen LogP contribution in [0.15, 0.2) is 59.5 Å². The molecular formula is C21H26N2O2S. The van der Waals surface area contributed by atoms with Gasteiger partial charge in [0.05, 0.1) is 25.0 Å². The van der Waals surface area contributed by atoms with Crippen molar-refractivity contribution in [1.82, 2.24) is 10.2 Å². The molecule has 1 heterocycles. The summed E-state index contributed by atoms with van der Waals surface area (Å²) in [5.41, 5.74) is 2.38. The SMILES string of the molecule is Cc1ccc(SCC(=O)N[C@@H](CN2CCOCC2)c2ccccc2)cc1. The van der Waals surface area contributed by atoms with E-state index in [0.29, 0.717) is 5.75 Å². The van der Waals surface area contributed by atoms with Crippen LogP contribution in [0, 0.1) is 6.92 Å². The van der Waals surface area contributed by atoms with Gasteiger partial charge in [0.1, 0.15) is 0 Å². The molecule has 138 valence electrons. The Labute approximate surface area is 159 Å². The van der Waals surface area contributed by atoms with Gasteiger partial charge in [-0.05, 0) is 24.6 Å². The maximum atomic E-state index is 12.5. The molecule has 0 aromatic heterocycles. The first-order valence-electron chi connectivity index (χ1n) is 9.04. The van der Waals surface area contributed by atoms with E-state index in [2.05, 4.69) is 53.5 Å². The third kappa shape index (κ3) is 5.87. The first kappa shape index (κ1) is 19.0. The van der Waals surface area contributed by atoms with Crippen molar-refractivity contribution in [2.75, 3.05) is 38.6 Å². The number of thioether (sulfide) groups is 1. The van der Waals surface area contributed by atoms with Crippen molar-refractivity contribution in [2.24, 2.45) is 0 Å². The fourth-order valence-electron chi connectivity index (χ4n) is 2.98. The van der Waals surface area contributed by atoms with Crippen LogP contribution < -0.4 is 5.32 Å². The van der Waals surface area contributed by atoms with Gasteiger partial charge in [-0.1, -0.05) is 48.0 Å². The second kappa shape index (κ2) is 9.76. The fourth-order valence-corrected chi connectivity index (χ4v) is 3.69. The average Bonchev–Trinajstić information content (AvgIpc) is 2.68. The van der Waals surface area contributed by atoms with Crippen molar-refractivity contribution in [3.05, 3.63) is 65.7 Å². The van der Waals surface area contributed by atoms with E-state index in [1.54, 1.807) is 11.8 Å². The van der Waals surface area contributed by atoms with E-state index < -0.39 is 0 Å². The molecule has 1 fully saturated rings. The number of nitrogens with zero attached hydrogens (tertiary/aromatic N) is 1. The monoisotopic (exact) mass is 370 g/mol. The molecule has 2 aromatic rings. The van der Waals surface area contributed by atoms with Crippen LogP contribution in [0.4, 0.5) is 0 Å². The molecule has 1 N–H and O–H groups in total. The number of ether oxygens (including phenoxy) is 1. The van der Waals surface area contributed by atoms with Crippen molar-refractivity contribution in [3.8, 4) is 0 Å². The van der Waals surface area contributed by atoms with Gasteiger partial charge in [-0.25, -0.2) is 0 Å². The molecule has 2 aromatic carbocycles. The molecule has 1 aliphatic heterocycles. The fraction of sp³-hybridized carbons (Fsp3) is 0.381. The summed E-state index contributed by atoms with van der Waals surface area (Å²) in [6, 6.07) is 18.5. The summed E-state index contributed by atoms with van der Waals surface area (Å²) in [4.78, 5) is 16.0. The Kier molecular flexibility index (Phi) is 7.12. The Morgan fingerprint density at radius 3 is 2.50 bits per heavy atom. The number of hydrogen-bond acceptors (Lipinski definition) is 4. The van der Waals surface area contributed by atoms with E-state index >= 15 is 0 Å². The second-order valence-corrected chi connectivity index (χ2v) is 7.59. The molecule has 0 spiro atoms. The van der Waals surface area contributed by atoms with Crippen LogP contribution in [0.2, 0.25) is 0 Å². The summed E-state index contributed by atoms with van der Waals surface area (Å²) in [6.45, 7) is 6.23. The van der Waals surface area contributed by atoms with Crippen molar-refractivity contribution in [2.45, 2.75) is 17.9 Å². The molecule has 0 radical (unpaired) electrons. The molecule has 4 nitrogen and oxygen atoms in total. The lowest BCUT2D eigenvalue weighted by atomic mass is 10.1. The maximum absolute atomic E-state index is 12.5. The molecule has 1 atom stereocenters. The minimum atomic E-state index is 0.000387. The van der Waals surface area contributed by atoms with Gasteiger partial charge < -0.3 is 10.1 Å². The van der Waals surface area contributed by atoms with E-state index in [9.17, 15) is 4.79 Å².